The number of benzene rings is 3. The molecule has 7 heteroatoms. The van der Waals surface area contributed by atoms with Crippen molar-refractivity contribution in [2.75, 3.05) is 21.1 Å². The number of nitrogens with two attached hydrogens (primary N) is 1. The van der Waals surface area contributed by atoms with E-state index in [0.29, 0.717) is 25.7 Å². The summed E-state index contributed by atoms with van der Waals surface area (Å²) < 4.78 is 0. The van der Waals surface area contributed by atoms with Crippen LogP contribution in [-0.4, -0.2) is 66.3 Å². The molecule has 0 heterocycles. The zero-order valence-corrected chi connectivity index (χ0v) is 24.3. The highest BCUT2D eigenvalue weighted by atomic mass is 16.2. The second kappa shape index (κ2) is 13.9. The minimum atomic E-state index is -0.762. The normalized spacial score (nSPS) is 13.2. The molecule has 0 aliphatic carbocycles. The maximum Gasteiger partial charge on any atom is 0.246 e. The quantitative estimate of drug-likeness (QED) is 0.337. The van der Waals surface area contributed by atoms with Crippen LogP contribution in [-0.2, 0) is 27.2 Å². The standard InChI is InChI=1S/C33H42N4O3/c1-33(2,34)21-11-16-30(38)36(4)28(20-18-25-17-19-26-14-9-10-15-27(26)22-25)32(40)37(5)29(31(39)35-3)23-24-12-7-6-8-13-24/h6-17,19,22,28-29H,18,20-21,23,34H2,1-5H3,(H,35,39)/b16-11+/t28-,29-/m1/s1. The molecular formula is C33H42N4O3. The topological polar surface area (TPSA) is 95.7 Å². The summed E-state index contributed by atoms with van der Waals surface area (Å²) in [5, 5.41) is 4.96. The smallest absolute Gasteiger partial charge is 0.246 e. The van der Waals surface area contributed by atoms with E-state index in [1.54, 1.807) is 27.2 Å². The molecule has 0 saturated heterocycles. The third-order valence-electron chi connectivity index (χ3n) is 7.16. The molecule has 0 fully saturated rings. The number of amides is 3. The van der Waals surface area contributed by atoms with Gasteiger partial charge in [0.1, 0.15) is 12.1 Å². The number of hydrogen-bond donors (Lipinski definition) is 2. The lowest BCUT2D eigenvalue weighted by Crippen LogP contribution is -2.55. The first-order chi connectivity index (χ1) is 19.0. The molecule has 40 heavy (non-hydrogen) atoms. The van der Waals surface area contributed by atoms with Crippen molar-refractivity contribution in [3.63, 3.8) is 0 Å². The summed E-state index contributed by atoms with van der Waals surface area (Å²) in [7, 11) is 4.84. The van der Waals surface area contributed by atoms with Gasteiger partial charge in [-0.3, -0.25) is 14.4 Å². The van der Waals surface area contributed by atoms with Gasteiger partial charge in [-0.2, -0.15) is 0 Å². The van der Waals surface area contributed by atoms with Crippen molar-refractivity contribution in [3.05, 3.63) is 96.1 Å². The van der Waals surface area contributed by atoms with Crippen molar-refractivity contribution < 1.29 is 14.4 Å². The Morgan fingerprint density at radius 2 is 1.52 bits per heavy atom. The van der Waals surface area contributed by atoms with E-state index in [0.717, 1.165) is 21.9 Å². The van der Waals surface area contributed by atoms with E-state index in [2.05, 4.69) is 35.6 Å². The fourth-order valence-corrected chi connectivity index (χ4v) is 4.71. The van der Waals surface area contributed by atoms with E-state index in [4.69, 9.17) is 5.73 Å². The Morgan fingerprint density at radius 3 is 2.17 bits per heavy atom. The summed E-state index contributed by atoms with van der Waals surface area (Å²) in [6, 6.07) is 22.5. The summed E-state index contributed by atoms with van der Waals surface area (Å²) in [5.41, 5.74) is 7.64. The molecule has 3 rings (SSSR count). The molecule has 7 nitrogen and oxygen atoms in total. The van der Waals surface area contributed by atoms with Gasteiger partial charge in [-0.1, -0.05) is 78.9 Å². The van der Waals surface area contributed by atoms with Gasteiger partial charge in [0.15, 0.2) is 0 Å². The van der Waals surface area contributed by atoms with Crippen LogP contribution >= 0.6 is 0 Å². The zero-order chi connectivity index (χ0) is 29.3. The molecule has 2 atom stereocenters. The third-order valence-corrected chi connectivity index (χ3v) is 7.16. The number of likely N-dealkylation sites (N-methyl/N-ethyl adjacent to an activating group) is 3. The van der Waals surface area contributed by atoms with Gasteiger partial charge >= 0.3 is 0 Å². The Labute approximate surface area is 238 Å². The lowest BCUT2D eigenvalue weighted by molar-refractivity contribution is -0.146. The molecule has 0 bridgehead atoms. The largest absolute Gasteiger partial charge is 0.357 e. The number of hydrogen-bond acceptors (Lipinski definition) is 4. The van der Waals surface area contributed by atoms with Gasteiger partial charge in [-0.05, 0) is 61.1 Å². The summed E-state index contributed by atoms with van der Waals surface area (Å²) in [6.45, 7) is 3.78. The van der Waals surface area contributed by atoms with Gasteiger partial charge in [0.05, 0.1) is 0 Å². The molecule has 3 aromatic rings. The summed E-state index contributed by atoms with van der Waals surface area (Å²) in [5.74, 6) is -0.824. The minimum Gasteiger partial charge on any atom is -0.357 e. The minimum absolute atomic E-state index is 0.257. The lowest BCUT2D eigenvalue weighted by atomic mass is 9.98. The molecule has 0 aliphatic heterocycles. The van der Waals surface area contributed by atoms with Crippen LogP contribution in [0.3, 0.4) is 0 Å². The Balaban J connectivity index is 1.87. The lowest BCUT2D eigenvalue weighted by Gasteiger charge is -2.34. The molecule has 3 aromatic carbocycles. The van der Waals surface area contributed by atoms with Crippen molar-refractivity contribution >= 4 is 28.5 Å². The average Bonchev–Trinajstić information content (AvgIpc) is 2.94. The third kappa shape index (κ3) is 8.52. The van der Waals surface area contributed by atoms with Crippen molar-refractivity contribution in [1.82, 2.24) is 15.1 Å². The van der Waals surface area contributed by atoms with E-state index in [1.807, 2.05) is 56.3 Å². The van der Waals surface area contributed by atoms with Crippen LogP contribution in [0.5, 0.6) is 0 Å². The van der Waals surface area contributed by atoms with Crippen LogP contribution in [0.1, 0.15) is 37.8 Å². The first-order valence-corrected chi connectivity index (χ1v) is 13.7. The van der Waals surface area contributed by atoms with Gasteiger partial charge in [0, 0.05) is 33.1 Å². The number of nitrogens with zero attached hydrogens (tertiary/aromatic N) is 2. The number of carbonyl (C=O) groups is 3. The predicted molar refractivity (Wildman–Crippen MR) is 162 cm³/mol. The predicted octanol–water partition coefficient (Wildman–Crippen LogP) is 4.10. The second-order valence-electron chi connectivity index (χ2n) is 11.0. The van der Waals surface area contributed by atoms with Gasteiger partial charge < -0.3 is 20.9 Å². The van der Waals surface area contributed by atoms with Crippen molar-refractivity contribution in [1.29, 1.82) is 0 Å². The molecule has 3 amide bonds. The number of nitrogens with one attached hydrogen (secondary N) is 1. The van der Waals surface area contributed by atoms with Crippen LogP contribution in [0.15, 0.2) is 84.9 Å². The van der Waals surface area contributed by atoms with Gasteiger partial charge in [-0.25, -0.2) is 0 Å². The van der Waals surface area contributed by atoms with E-state index >= 15 is 0 Å². The average molecular weight is 543 g/mol. The number of fused-ring (bicyclic) bond motifs is 1. The molecule has 0 spiro atoms. The number of carbonyl (C=O) groups excluding carboxylic acids is 3. The molecule has 0 radical (unpaired) electrons. The Bertz CT molecular complexity index is 1330. The van der Waals surface area contributed by atoms with Crippen LogP contribution in [0.2, 0.25) is 0 Å². The Kier molecular flexibility index (Phi) is 10.6. The molecular weight excluding hydrogens is 500 g/mol. The summed E-state index contributed by atoms with van der Waals surface area (Å²) in [6.07, 6.45) is 5.12. The van der Waals surface area contributed by atoms with Crippen molar-refractivity contribution in [2.24, 2.45) is 5.73 Å². The SMILES string of the molecule is CNC(=O)[C@@H](Cc1ccccc1)N(C)C(=O)[C@@H](CCc1ccc2ccccc2c1)N(C)C(=O)/C=C/CC(C)(C)N. The molecule has 0 aromatic heterocycles. The summed E-state index contributed by atoms with van der Waals surface area (Å²) >= 11 is 0. The number of aryl methyl sites for hydroxylation is 1. The first kappa shape index (κ1) is 30.6. The fraction of sp³-hybridized carbons (Fsp3) is 0.364. The highest BCUT2D eigenvalue weighted by molar-refractivity contribution is 5.94. The van der Waals surface area contributed by atoms with Crippen LogP contribution in [0.25, 0.3) is 10.8 Å². The zero-order valence-electron chi connectivity index (χ0n) is 24.3. The van der Waals surface area contributed by atoms with E-state index in [9.17, 15) is 14.4 Å². The van der Waals surface area contributed by atoms with Gasteiger partial charge in [0.25, 0.3) is 0 Å². The first-order valence-electron chi connectivity index (χ1n) is 13.7. The molecule has 212 valence electrons. The Morgan fingerprint density at radius 1 is 0.875 bits per heavy atom. The van der Waals surface area contributed by atoms with E-state index < -0.39 is 17.6 Å². The molecule has 0 aliphatic rings. The monoisotopic (exact) mass is 542 g/mol. The fourth-order valence-electron chi connectivity index (χ4n) is 4.71. The van der Waals surface area contributed by atoms with Crippen molar-refractivity contribution in [2.45, 2.75) is 57.2 Å². The van der Waals surface area contributed by atoms with Crippen LogP contribution < -0.4 is 11.1 Å². The molecule has 0 saturated carbocycles. The molecule has 3 N–H and O–H groups in total. The highest BCUT2D eigenvalue weighted by Crippen LogP contribution is 2.20. The molecule has 0 unspecified atom stereocenters. The van der Waals surface area contributed by atoms with E-state index in [-0.39, 0.29) is 17.7 Å². The maximum absolute atomic E-state index is 14.0. The summed E-state index contributed by atoms with van der Waals surface area (Å²) in [4.78, 5) is 43.1. The second-order valence-corrected chi connectivity index (χ2v) is 11.0. The van der Waals surface area contributed by atoms with Crippen LogP contribution in [0.4, 0.5) is 0 Å². The van der Waals surface area contributed by atoms with Crippen LogP contribution in [0, 0.1) is 0 Å². The highest BCUT2D eigenvalue weighted by Gasteiger charge is 2.34. The van der Waals surface area contributed by atoms with Gasteiger partial charge in [0.2, 0.25) is 17.7 Å². The Hall–Kier alpha value is -3.97. The number of rotatable bonds is 12. The van der Waals surface area contributed by atoms with Gasteiger partial charge in [-0.15, -0.1) is 0 Å². The maximum atomic E-state index is 14.0. The van der Waals surface area contributed by atoms with E-state index in [1.165, 1.54) is 15.9 Å². The van der Waals surface area contributed by atoms with Crippen molar-refractivity contribution in [3.8, 4) is 0 Å².